The van der Waals surface area contributed by atoms with Gasteiger partial charge in [-0.3, -0.25) is 13.8 Å². The molecular weight excluding hydrogens is 689 g/mol. The first-order valence-electron chi connectivity index (χ1n) is 20.2. The van der Waals surface area contributed by atoms with E-state index in [-0.39, 0.29) is 32.8 Å². The van der Waals surface area contributed by atoms with Crippen LogP contribution in [0.3, 0.4) is 0 Å². The summed E-state index contributed by atoms with van der Waals surface area (Å²) in [6.45, 7) is 3.88. The lowest BCUT2D eigenvalue weighted by Gasteiger charge is -2.19. The fourth-order valence-corrected chi connectivity index (χ4v) is 5.72. The number of esters is 1. The molecule has 0 aromatic heterocycles. The lowest BCUT2D eigenvalue weighted by atomic mass is 10.1. The summed E-state index contributed by atoms with van der Waals surface area (Å²) in [5.41, 5.74) is 5.35. The van der Waals surface area contributed by atoms with Crippen LogP contribution in [-0.2, 0) is 27.9 Å². The normalized spacial score (nSPS) is 15.0. The van der Waals surface area contributed by atoms with Gasteiger partial charge in [0.1, 0.15) is 6.61 Å². The first-order chi connectivity index (χ1) is 25.8. The highest BCUT2D eigenvalue weighted by atomic mass is 31.2. The van der Waals surface area contributed by atoms with E-state index in [1.54, 1.807) is 6.26 Å². The molecule has 2 unspecified atom stereocenters. The number of phosphoric ester groups is 1. The predicted octanol–water partition coefficient (Wildman–Crippen LogP) is 11.1. The van der Waals surface area contributed by atoms with Crippen molar-refractivity contribution in [3.63, 3.8) is 0 Å². The molecule has 0 amide bonds. The zero-order valence-electron chi connectivity index (χ0n) is 33.1. The van der Waals surface area contributed by atoms with Gasteiger partial charge in [0.2, 0.25) is 0 Å². The summed E-state index contributed by atoms with van der Waals surface area (Å²) in [6.07, 6.45) is 47.5. The second kappa shape index (κ2) is 39.2. The third kappa shape index (κ3) is 39.0. The minimum absolute atomic E-state index is 0.0122. The Labute approximate surface area is 322 Å². The summed E-state index contributed by atoms with van der Waals surface area (Å²) in [6, 6.07) is 0. The van der Waals surface area contributed by atoms with Gasteiger partial charge in [-0.2, -0.15) is 0 Å². The molecule has 3 atom stereocenters. The quantitative estimate of drug-likeness (QED) is 0.0141. The number of carbonyl (C=O) groups is 1. The summed E-state index contributed by atoms with van der Waals surface area (Å²) in [5.74, 6) is -0.430. The third-order valence-electron chi connectivity index (χ3n) is 7.94. The molecule has 0 rings (SSSR count). The van der Waals surface area contributed by atoms with Crippen LogP contribution in [0.15, 0.2) is 85.3 Å². The smallest absolute Gasteiger partial charge is 0.472 e. The highest BCUT2D eigenvalue weighted by Gasteiger charge is 2.25. The number of nitrogens with two attached hydrogens (primary N) is 1. The molecule has 0 bridgehead atoms. The average Bonchev–Trinajstić information content (AvgIpc) is 3.14. The molecule has 0 aromatic carbocycles. The molecule has 0 aliphatic carbocycles. The zero-order chi connectivity index (χ0) is 38.9. The van der Waals surface area contributed by atoms with E-state index in [2.05, 4.69) is 43.4 Å². The van der Waals surface area contributed by atoms with Gasteiger partial charge in [-0.1, -0.05) is 132 Å². The summed E-state index contributed by atoms with van der Waals surface area (Å²) >= 11 is 0. The second-order valence-corrected chi connectivity index (χ2v) is 14.5. The number of carbonyl (C=O) groups excluding carboxylic acids is 1. The third-order valence-corrected chi connectivity index (χ3v) is 8.92. The molecule has 304 valence electrons. The minimum Gasteiger partial charge on any atom is -0.498 e. The van der Waals surface area contributed by atoms with Crippen molar-refractivity contribution in [3.8, 4) is 0 Å². The Hall–Kier alpha value is -2.52. The van der Waals surface area contributed by atoms with E-state index in [1.807, 2.05) is 49.5 Å². The van der Waals surface area contributed by atoms with E-state index in [4.69, 9.17) is 24.3 Å². The summed E-state index contributed by atoms with van der Waals surface area (Å²) < 4.78 is 33.0. The van der Waals surface area contributed by atoms with E-state index in [1.165, 1.54) is 57.8 Å². The van der Waals surface area contributed by atoms with Crippen LogP contribution in [0.2, 0.25) is 0 Å². The Bertz CT molecular complexity index is 1100. The number of rotatable bonds is 37. The SMILES string of the molecule is CC/C=C\C(O)C/C=C/C=C\C/C=C\C/C=C\CCCC(=O)O[C@H](CO/C=C/CCCCCC/C=C\CCCCCCCC)COP(=O)(O)OCCN. The van der Waals surface area contributed by atoms with Crippen molar-refractivity contribution in [2.24, 2.45) is 5.73 Å². The van der Waals surface area contributed by atoms with Gasteiger partial charge in [-0.15, -0.1) is 0 Å². The van der Waals surface area contributed by atoms with Crippen LogP contribution in [0.5, 0.6) is 0 Å². The molecule has 0 saturated heterocycles. The second-order valence-electron chi connectivity index (χ2n) is 13.0. The maximum absolute atomic E-state index is 12.5. The lowest BCUT2D eigenvalue weighted by molar-refractivity contribution is -0.153. The largest absolute Gasteiger partial charge is 0.498 e. The van der Waals surface area contributed by atoms with Crippen molar-refractivity contribution < 1.29 is 37.9 Å². The van der Waals surface area contributed by atoms with Crippen LogP contribution in [0.25, 0.3) is 0 Å². The molecule has 9 nitrogen and oxygen atoms in total. The van der Waals surface area contributed by atoms with Crippen molar-refractivity contribution in [2.75, 3.05) is 26.4 Å². The number of aliphatic hydroxyl groups excluding tert-OH is 1. The van der Waals surface area contributed by atoms with Crippen LogP contribution < -0.4 is 5.73 Å². The van der Waals surface area contributed by atoms with Gasteiger partial charge in [0.05, 0.1) is 25.6 Å². The van der Waals surface area contributed by atoms with Gasteiger partial charge < -0.3 is 25.2 Å². The summed E-state index contributed by atoms with van der Waals surface area (Å²) in [5, 5.41) is 9.75. The highest BCUT2D eigenvalue weighted by molar-refractivity contribution is 7.47. The van der Waals surface area contributed by atoms with Crippen molar-refractivity contribution in [1.29, 1.82) is 0 Å². The first-order valence-corrected chi connectivity index (χ1v) is 21.7. The van der Waals surface area contributed by atoms with Gasteiger partial charge in [0.15, 0.2) is 6.10 Å². The number of aliphatic hydroxyl groups is 1. The molecule has 0 aromatic rings. The van der Waals surface area contributed by atoms with Crippen LogP contribution in [0, 0.1) is 0 Å². The summed E-state index contributed by atoms with van der Waals surface area (Å²) in [4.78, 5) is 22.4. The monoisotopic (exact) mass is 764 g/mol. The highest BCUT2D eigenvalue weighted by Crippen LogP contribution is 2.43. The van der Waals surface area contributed by atoms with Crippen LogP contribution in [0.1, 0.15) is 142 Å². The first kappa shape index (κ1) is 50.5. The number of allylic oxidation sites excluding steroid dienone is 11. The number of hydrogen-bond donors (Lipinski definition) is 3. The molecule has 4 N–H and O–H groups in total. The number of unbranched alkanes of at least 4 members (excludes halogenated alkanes) is 12. The van der Waals surface area contributed by atoms with E-state index in [0.29, 0.717) is 12.8 Å². The van der Waals surface area contributed by atoms with Crippen LogP contribution >= 0.6 is 7.82 Å². The van der Waals surface area contributed by atoms with Crippen molar-refractivity contribution in [2.45, 2.75) is 154 Å². The average molecular weight is 764 g/mol. The van der Waals surface area contributed by atoms with Crippen molar-refractivity contribution >= 4 is 13.8 Å². The molecule has 0 spiro atoms. The molecule has 0 aliphatic rings. The Balaban J connectivity index is 4.30. The fourth-order valence-electron chi connectivity index (χ4n) is 4.95. The molecule has 53 heavy (non-hydrogen) atoms. The minimum atomic E-state index is -4.32. The molecular formula is C43H74NO8P. The van der Waals surface area contributed by atoms with E-state index >= 15 is 0 Å². The fraction of sp³-hybridized carbons (Fsp3) is 0.651. The molecule has 0 saturated carbocycles. The molecule has 0 heterocycles. The van der Waals surface area contributed by atoms with Crippen molar-refractivity contribution in [3.05, 3.63) is 85.3 Å². The van der Waals surface area contributed by atoms with Crippen LogP contribution in [0.4, 0.5) is 0 Å². The molecule has 0 aliphatic heterocycles. The van der Waals surface area contributed by atoms with Crippen LogP contribution in [-0.4, -0.2) is 54.5 Å². The Morgan fingerprint density at radius 2 is 1.28 bits per heavy atom. The van der Waals surface area contributed by atoms with Gasteiger partial charge in [0.25, 0.3) is 0 Å². The lowest BCUT2D eigenvalue weighted by Crippen LogP contribution is -2.27. The Kier molecular flexibility index (Phi) is 37.3. The molecule has 0 fully saturated rings. The number of ether oxygens (including phenoxy) is 2. The number of phosphoric acid groups is 1. The van der Waals surface area contributed by atoms with Gasteiger partial charge in [-0.25, -0.2) is 4.57 Å². The molecule has 0 radical (unpaired) electrons. The van der Waals surface area contributed by atoms with E-state index < -0.39 is 26.0 Å². The van der Waals surface area contributed by atoms with Gasteiger partial charge in [-0.05, 0) is 83.1 Å². The standard InChI is InChI=1S/C43H74NO8P/c1-3-5-7-8-9-10-11-12-13-14-17-20-23-26-29-32-37-49-39-42(40-51-53(47,48)50-38-36-44)52-43(46)35-31-28-25-22-19-16-15-18-21-24-27-30-34-41(45)33-6-4-2/h6,12-13,15-16,21-22,24-25,27,30,32-33,37,41-42,45H,3-5,7-11,14,17-20,23,26,28-29,31,34-36,38-40,44H2,1-2H3,(H,47,48)/b13-12-,16-15-,24-21-,25-22-,30-27+,33-6-,37-32+/t41?,42-/m1/s1. The molecule has 10 heteroatoms. The zero-order valence-corrected chi connectivity index (χ0v) is 34.0. The summed E-state index contributed by atoms with van der Waals surface area (Å²) in [7, 11) is -4.32. The topological polar surface area (TPSA) is 138 Å². The van der Waals surface area contributed by atoms with Gasteiger partial charge in [0, 0.05) is 13.0 Å². The maximum atomic E-state index is 12.5. The van der Waals surface area contributed by atoms with E-state index in [0.717, 1.165) is 51.4 Å². The van der Waals surface area contributed by atoms with Gasteiger partial charge >= 0.3 is 13.8 Å². The Morgan fingerprint density at radius 3 is 1.96 bits per heavy atom. The Morgan fingerprint density at radius 1 is 0.698 bits per heavy atom. The number of hydrogen-bond acceptors (Lipinski definition) is 8. The predicted molar refractivity (Wildman–Crippen MR) is 220 cm³/mol. The van der Waals surface area contributed by atoms with Crippen molar-refractivity contribution in [1.82, 2.24) is 0 Å². The maximum Gasteiger partial charge on any atom is 0.472 e. The van der Waals surface area contributed by atoms with E-state index in [9.17, 15) is 19.4 Å².